The van der Waals surface area contributed by atoms with Gasteiger partial charge < -0.3 is 10.2 Å². The van der Waals surface area contributed by atoms with Gasteiger partial charge >= 0.3 is 0 Å². The Hall–Kier alpha value is -2.70. The summed E-state index contributed by atoms with van der Waals surface area (Å²) in [5, 5.41) is 11.3. The molecule has 3 aromatic rings. The van der Waals surface area contributed by atoms with Gasteiger partial charge in [0.15, 0.2) is 11.5 Å². The van der Waals surface area contributed by atoms with Crippen molar-refractivity contribution in [2.24, 2.45) is 0 Å². The molecule has 7 heteroatoms. The predicted octanol–water partition coefficient (Wildman–Crippen LogP) is 2.79. The molecule has 23 heavy (non-hydrogen) atoms. The topological polar surface area (TPSA) is 82.4 Å². The Morgan fingerprint density at radius 2 is 2.30 bits per heavy atom. The van der Waals surface area contributed by atoms with Crippen molar-refractivity contribution >= 4 is 28.6 Å². The second-order valence-electron chi connectivity index (χ2n) is 5.90. The molecule has 1 aliphatic heterocycles. The summed E-state index contributed by atoms with van der Waals surface area (Å²) in [5.74, 6) is 2.23. The fourth-order valence-electron chi connectivity index (χ4n) is 2.78. The maximum atomic E-state index is 4.71. The highest BCUT2D eigenvalue weighted by Crippen LogP contribution is 2.31. The van der Waals surface area contributed by atoms with E-state index in [9.17, 15) is 0 Å². The van der Waals surface area contributed by atoms with Gasteiger partial charge in [0.05, 0.1) is 5.39 Å². The van der Waals surface area contributed by atoms with Gasteiger partial charge in [-0.3, -0.25) is 5.10 Å². The Bertz CT molecular complexity index is 841. The fourth-order valence-corrected chi connectivity index (χ4v) is 2.78. The monoisotopic (exact) mass is 309 g/mol. The molecule has 0 radical (unpaired) electrons. The van der Waals surface area contributed by atoms with Crippen LogP contribution in [0.4, 0.5) is 17.6 Å². The molecule has 1 fully saturated rings. The molecular formula is C16H19N7. The lowest BCUT2D eigenvalue weighted by Gasteiger charge is -2.10. The van der Waals surface area contributed by atoms with Crippen LogP contribution in [0, 0.1) is 6.92 Å². The van der Waals surface area contributed by atoms with E-state index in [0.29, 0.717) is 11.7 Å². The number of nitrogens with zero attached hydrogens (tertiary/aromatic N) is 5. The summed E-state index contributed by atoms with van der Waals surface area (Å²) in [4.78, 5) is 15.9. The summed E-state index contributed by atoms with van der Waals surface area (Å²) in [6.07, 6.45) is 4.10. The SMILES string of the molecule is CCCC1CN1c1nc(Nc2cc(C)[nH]n2)c2cccnc2n1. The maximum absolute atomic E-state index is 4.71. The van der Waals surface area contributed by atoms with Gasteiger partial charge in [-0.25, -0.2) is 4.98 Å². The van der Waals surface area contributed by atoms with Crippen molar-refractivity contribution in [1.29, 1.82) is 0 Å². The molecule has 0 bridgehead atoms. The summed E-state index contributed by atoms with van der Waals surface area (Å²) in [7, 11) is 0. The number of hydrogen-bond donors (Lipinski definition) is 2. The summed E-state index contributed by atoms with van der Waals surface area (Å²) < 4.78 is 0. The smallest absolute Gasteiger partial charge is 0.229 e. The molecule has 2 N–H and O–H groups in total. The number of aryl methyl sites for hydroxylation is 1. The van der Waals surface area contributed by atoms with Crippen molar-refractivity contribution in [1.82, 2.24) is 25.1 Å². The molecule has 1 atom stereocenters. The van der Waals surface area contributed by atoms with Gasteiger partial charge in [-0.2, -0.15) is 15.1 Å². The van der Waals surface area contributed by atoms with Crippen LogP contribution in [0.25, 0.3) is 11.0 Å². The van der Waals surface area contributed by atoms with Gasteiger partial charge in [0.25, 0.3) is 0 Å². The first-order valence-corrected chi connectivity index (χ1v) is 7.93. The van der Waals surface area contributed by atoms with E-state index in [1.165, 1.54) is 12.8 Å². The van der Waals surface area contributed by atoms with Crippen LogP contribution >= 0.6 is 0 Å². The minimum absolute atomic E-state index is 0.557. The molecule has 3 aromatic heterocycles. The predicted molar refractivity (Wildman–Crippen MR) is 90.0 cm³/mol. The third-order valence-electron chi connectivity index (χ3n) is 4.01. The van der Waals surface area contributed by atoms with E-state index < -0.39 is 0 Å². The molecule has 0 aromatic carbocycles. The normalized spacial score (nSPS) is 16.8. The van der Waals surface area contributed by atoms with E-state index in [0.717, 1.165) is 35.2 Å². The Labute approximate surface area is 134 Å². The first kappa shape index (κ1) is 13.9. The van der Waals surface area contributed by atoms with Gasteiger partial charge in [-0.15, -0.1) is 0 Å². The van der Waals surface area contributed by atoms with Gasteiger partial charge in [0, 0.05) is 30.5 Å². The average molecular weight is 309 g/mol. The maximum Gasteiger partial charge on any atom is 0.229 e. The largest absolute Gasteiger partial charge is 0.334 e. The average Bonchev–Trinajstić information content (AvgIpc) is 3.21. The van der Waals surface area contributed by atoms with Gasteiger partial charge in [0.1, 0.15) is 5.82 Å². The van der Waals surface area contributed by atoms with Crippen LogP contribution < -0.4 is 10.2 Å². The Morgan fingerprint density at radius 3 is 3.09 bits per heavy atom. The van der Waals surface area contributed by atoms with Crippen molar-refractivity contribution in [3.8, 4) is 0 Å². The molecule has 1 saturated heterocycles. The number of pyridine rings is 1. The number of nitrogens with one attached hydrogen (secondary N) is 2. The van der Waals surface area contributed by atoms with Crippen molar-refractivity contribution in [3.63, 3.8) is 0 Å². The number of aromatic nitrogens is 5. The molecule has 118 valence electrons. The lowest BCUT2D eigenvalue weighted by molar-refractivity contribution is 0.789. The first-order chi connectivity index (χ1) is 11.2. The number of aromatic amines is 1. The zero-order valence-electron chi connectivity index (χ0n) is 13.2. The molecule has 0 spiro atoms. The number of hydrogen-bond acceptors (Lipinski definition) is 6. The van der Waals surface area contributed by atoms with Crippen LogP contribution in [0.2, 0.25) is 0 Å². The molecule has 0 aliphatic carbocycles. The zero-order valence-corrected chi connectivity index (χ0v) is 13.2. The van der Waals surface area contributed by atoms with Crippen LogP contribution in [-0.2, 0) is 0 Å². The summed E-state index contributed by atoms with van der Waals surface area (Å²) in [5.41, 5.74) is 1.70. The molecule has 7 nitrogen and oxygen atoms in total. The zero-order chi connectivity index (χ0) is 15.8. The number of rotatable bonds is 5. The number of H-pyrrole nitrogens is 1. The Balaban J connectivity index is 1.72. The van der Waals surface area contributed by atoms with Gasteiger partial charge in [0.2, 0.25) is 5.95 Å². The fraction of sp³-hybridized carbons (Fsp3) is 0.375. The number of anilines is 3. The highest BCUT2D eigenvalue weighted by Gasteiger charge is 2.35. The van der Waals surface area contributed by atoms with Crippen LogP contribution in [0.1, 0.15) is 25.5 Å². The molecule has 0 amide bonds. The van der Waals surface area contributed by atoms with Crippen molar-refractivity contribution < 1.29 is 0 Å². The quantitative estimate of drug-likeness (QED) is 0.705. The molecule has 1 aliphatic rings. The lowest BCUT2D eigenvalue weighted by atomic mass is 10.3. The lowest BCUT2D eigenvalue weighted by Crippen LogP contribution is -2.07. The van der Waals surface area contributed by atoms with E-state index in [-0.39, 0.29) is 0 Å². The van der Waals surface area contributed by atoms with Crippen LogP contribution in [0.5, 0.6) is 0 Å². The van der Waals surface area contributed by atoms with Crippen LogP contribution in [0.3, 0.4) is 0 Å². The van der Waals surface area contributed by atoms with Crippen molar-refractivity contribution in [2.45, 2.75) is 32.7 Å². The minimum Gasteiger partial charge on any atom is -0.334 e. The number of fused-ring (bicyclic) bond motifs is 1. The highest BCUT2D eigenvalue weighted by atomic mass is 15.4. The van der Waals surface area contributed by atoms with Crippen LogP contribution in [0.15, 0.2) is 24.4 Å². The molecule has 0 saturated carbocycles. The standard InChI is InChI=1S/C16H19N7/c1-3-5-11-9-23(11)16-19-14-12(6-4-7-17-14)15(20-16)18-13-8-10(2)21-22-13/h4,6-8,11H,3,5,9H2,1-2H3,(H2,17,18,19,20,21,22). The second-order valence-corrected chi connectivity index (χ2v) is 5.90. The third kappa shape index (κ3) is 2.69. The summed E-state index contributed by atoms with van der Waals surface area (Å²) in [6.45, 7) is 5.19. The van der Waals surface area contributed by atoms with E-state index in [2.05, 4.69) is 37.3 Å². The summed E-state index contributed by atoms with van der Waals surface area (Å²) >= 11 is 0. The third-order valence-corrected chi connectivity index (χ3v) is 4.01. The van der Waals surface area contributed by atoms with E-state index in [1.54, 1.807) is 6.20 Å². The van der Waals surface area contributed by atoms with Gasteiger partial charge in [-0.05, 0) is 25.5 Å². The molecule has 4 rings (SSSR count). The van der Waals surface area contributed by atoms with Gasteiger partial charge in [-0.1, -0.05) is 13.3 Å². The van der Waals surface area contributed by atoms with E-state index in [1.807, 2.05) is 25.1 Å². The highest BCUT2D eigenvalue weighted by molar-refractivity contribution is 5.89. The second kappa shape index (κ2) is 5.49. The minimum atomic E-state index is 0.557. The van der Waals surface area contributed by atoms with E-state index >= 15 is 0 Å². The van der Waals surface area contributed by atoms with E-state index in [4.69, 9.17) is 4.98 Å². The Morgan fingerprint density at radius 1 is 1.39 bits per heavy atom. The molecular weight excluding hydrogens is 290 g/mol. The first-order valence-electron chi connectivity index (χ1n) is 7.93. The van der Waals surface area contributed by atoms with Crippen molar-refractivity contribution in [2.75, 3.05) is 16.8 Å². The van der Waals surface area contributed by atoms with Crippen LogP contribution in [-0.4, -0.2) is 37.7 Å². The molecule has 4 heterocycles. The molecule has 1 unspecified atom stereocenters. The summed E-state index contributed by atoms with van der Waals surface area (Å²) in [6, 6.07) is 6.37. The Kier molecular flexibility index (Phi) is 3.33. The van der Waals surface area contributed by atoms with Crippen molar-refractivity contribution in [3.05, 3.63) is 30.1 Å².